The van der Waals surface area contributed by atoms with Crippen molar-refractivity contribution >= 4 is 33.0 Å². The number of carbonyl (C=O) groups is 1. The van der Waals surface area contributed by atoms with E-state index < -0.39 is 10.0 Å². The maximum atomic E-state index is 12.2. The maximum absolute atomic E-state index is 12.2. The van der Waals surface area contributed by atoms with Crippen LogP contribution in [0.3, 0.4) is 0 Å². The van der Waals surface area contributed by atoms with E-state index in [4.69, 9.17) is 0 Å². The molecule has 2 N–H and O–H groups in total. The van der Waals surface area contributed by atoms with Crippen LogP contribution in [0.15, 0.2) is 34.8 Å². The molecule has 110 valence electrons. The van der Waals surface area contributed by atoms with Crippen LogP contribution in [-0.4, -0.2) is 25.9 Å². The minimum absolute atomic E-state index is 0.113. The Kier molecular flexibility index (Phi) is 3.75. The number of sulfonamides is 1. The summed E-state index contributed by atoms with van der Waals surface area (Å²) in [6.45, 7) is 0.318. The number of amides is 1. The Morgan fingerprint density at radius 1 is 1.38 bits per heavy atom. The van der Waals surface area contributed by atoms with Gasteiger partial charge in [0.15, 0.2) is 0 Å². The minimum atomic E-state index is -3.56. The van der Waals surface area contributed by atoms with E-state index in [2.05, 4.69) is 15.0 Å². The van der Waals surface area contributed by atoms with Crippen molar-refractivity contribution in [2.24, 2.45) is 0 Å². The second-order valence-electron chi connectivity index (χ2n) is 4.66. The predicted molar refractivity (Wildman–Crippen MR) is 79.8 cm³/mol. The molecule has 1 amide bonds. The van der Waals surface area contributed by atoms with Gasteiger partial charge in [-0.1, -0.05) is 0 Å². The second-order valence-corrected chi connectivity index (χ2v) is 7.40. The van der Waals surface area contributed by atoms with Crippen molar-refractivity contribution < 1.29 is 13.2 Å². The zero-order valence-electron chi connectivity index (χ0n) is 11.0. The summed E-state index contributed by atoms with van der Waals surface area (Å²) in [6, 6.07) is 4.67. The lowest BCUT2D eigenvalue weighted by molar-refractivity contribution is -0.115. The molecule has 8 heteroatoms. The molecular weight excluding hydrogens is 310 g/mol. The maximum Gasteiger partial charge on any atom is 0.240 e. The number of nitrogens with zero attached hydrogens (tertiary/aromatic N) is 1. The highest BCUT2D eigenvalue weighted by Gasteiger charge is 2.21. The second kappa shape index (κ2) is 5.55. The fourth-order valence-corrected chi connectivity index (χ4v) is 3.81. The first kappa shape index (κ1) is 14.2. The van der Waals surface area contributed by atoms with Gasteiger partial charge in [0.05, 0.1) is 16.8 Å². The summed E-state index contributed by atoms with van der Waals surface area (Å²) in [7, 11) is -3.56. The predicted octanol–water partition coefficient (Wildman–Crippen LogP) is 1.16. The first-order valence-corrected chi connectivity index (χ1v) is 8.71. The molecule has 1 aliphatic heterocycles. The van der Waals surface area contributed by atoms with Crippen molar-refractivity contribution in [3.63, 3.8) is 0 Å². The van der Waals surface area contributed by atoms with E-state index >= 15 is 0 Å². The van der Waals surface area contributed by atoms with Gasteiger partial charge in [-0.2, -0.15) is 0 Å². The molecule has 6 nitrogen and oxygen atoms in total. The molecule has 0 bridgehead atoms. The van der Waals surface area contributed by atoms with Crippen molar-refractivity contribution in [2.75, 3.05) is 11.9 Å². The third-order valence-corrected chi connectivity index (χ3v) is 5.46. The molecular formula is C13H13N3O3S2. The topological polar surface area (TPSA) is 88.2 Å². The molecule has 2 aromatic rings. The van der Waals surface area contributed by atoms with E-state index in [-0.39, 0.29) is 17.2 Å². The Morgan fingerprint density at radius 2 is 2.24 bits per heavy atom. The average molecular weight is 323 g/mol. The first-order valence-electron chi connectivity index (χ1n) is 6.34. The highest BCUT2D eigenvalue weighted by molar-refractivity contribution is 7.89. The van der Waals surface area contributed by atoms with Gasteiger partial charge >= 0.3 is 0 Å². The third kappa shape index (κ3) is 3.12. The Labute approximate surface area is 126 Å². The molecule has 1 aliphatic rings. The standard InChI is InChI=1S/C13H13N3O3S2/c17-13-6-9-5-11(1-2-12(9)16-13)21(18,19)15-4-3-10-7-14-8-20-10/h1-2,5,7-8,15H,3-4,6H2,(H,16,17). The van der Waals surface area contributed by atoms with Crippen LogP contribution >= 0.6 is 11.3 Å². The summed E-state index contributed by atoms with van der Waals surface area (Å²) < 4.78 is 27.0. The zero-order chi connectivity index (χ0) is 14.9. The summed E-state index contributed by atoms with van der Waals surface area (Å²) in [6.07, 6.45) is 2.56. The summed E-state index contributed by atoms with van der Waals surface area (Å²) in [4.78, 5) is 16.4. The van der Waals surface area contributed by atoms with Crippen LogP contribution in [-0.2, 0) is 27.7 Å². The SMILES string of the molecule is O=C1Cc2cc(S(=O)(=O)NCCc3cncs3)ccc2N1. The van der Waals surface area contributed by atoms with Gasteiger partial charge in [-0.05, 0) is 30.2 Å². The van der Waals surface area contributed by atoms with Crippen molar-refractivity contribution in [2.45, 2.75) is 17.7 Å². The van der Waals surface area contributed by atoms with E-state index in [1.54, 1.807) is 23.8 Å². The Bertz CT molecular complexity index is 770. The Hall–Kier alpha value is -1.77. The number of fused-ring (bicyclic) bond motifs is 1. The van der Waals surface area contributed by atoms with Gasteiger partial charge in [0, 0.05) is 23.3 Å². The molecule has 0 atom stereocenters. The number of rotatable bonds is 5. The smallest absolute Gasteiger partial charge is 0.240 e. The highest BCUT2D eigenvalue weighted by atomic mass is 32.2. The molecule has 0 fully saturated rings. The number of carbonyl (C=O) groups excluding carboxylic acids is 1. The van der Waals surface area contributed by atoms with Gasteiger partial charge in [0.1, 0.15) is 0 Å². The number of thiazole rings is 1. The molecule has 0 radical (unpaired) electrons. The number of hydrogen-bond acceptors (Lipinski definition) is 5. The van der Waals surface area contributed by atoms with Crippen LogP contribution in [0.2, 0.25) is 0 Å². The summed E-state index contributed by atoms with van der Waals surface area (Å²) in [5.74, 6) is -0.113. The van der Waals surface area contributed by atoms with E-state index in [0.29, 0.717) is 24.2 Å². The third-order valence-electron chi connectivity index (χ3n) is 3.16. The number of hydrogen-bond donors (Lipinski definition) is 2. The van der Waals surface area contributed by atoms with Crippen molar-refractivity contribution in [3.05, 3.63) is 40.3 Å². The molecule has 2 heterocycles. The van der Waals surface area contributed by atoms with E-state index in [9.17, 15) is 13.2 Å². The van der Waals surface area contributed by atoms with Crippen LogP contribution < -0.4 is 10.0 Å². The zero-order valence-corrected chi connectivity index (χ0v) is 12.6. The molecule has 3 rings (SSSR count). The molecule has 0 saturated carbocycles. The Morgan fingerprint density at radius 3 is 3.00 bits per heavy atom. The lowest BCUT2D eigenvalue weighted by Gasteiger charge is -2.07. The first-order chi connectivity index (χ1) is 10.0. The monoisotopic (exact) mass is 323 g/mol. The average Bonchev–Trinajstić information content (AvgIpc) is 3.05. The van der Waals surface area contributed by atoms with Gasteiger partial charge in [-0.15, -0.1) is 11.3 Å². The largest absolute Gasteiger partial charge is 0.326 e. The summed E-state index contributed by atoms with van der Waals surface area (Å²) >= 11 is 1.49. The van der Waals surface area contributed by atoms with Gasteiger partial charge in [-0.3, -0.25) is 9.78 Å². The van der Waals surface area contributed by atoms with Gasteiger partial charge in [0.2, 0.25) is 15.9 Å². The van der Waals surface area contributed by atoms with Crippen molar-refractivity contribution in [1.29, 1.82) is 0 Å². The van der Waals surface area contributed by atoms with Crippen molar-refractivity contribution in [1.82, 2.24) is 9.71 Å². The molecule has 0 unspecified atom stereocenters. The fourth-order valence-electron chi connectivity index (χ4n) is 2.13. The number of anilines is 1. The van der Waals surface area contributed by atoms with Crippen LogP contribution in [0, 0.1) is 0 Å². The van der Waals surface area contributed by atoms with Crippen molar-refractivity contribution in [3.8, 4) is 0 Å². The van der Waals surface area contributed by atoms with Gasteiger partial charge in [-0.25, -0.2) is 13.1 Å². The lowest BCUT2D eigenvalue weighted by Crippen LogP contribution is -2.25. The summed E-state index contributed by atoms with van der Waals surface area (Å²) in [5, 5.41) is 2.68. The van der Waals surface area contributed by atoms with Crippen LogP contribution in [0.25, 0.3) is 0 Å². The molecule has 0 saturated heterocycles. The minimum Gasteiger partial charge on any atom is -0.326 e. The Balaban J connectivity index is 1.70. The molecule has 21 heavy (non-hydrogen) atoms. The lowest BCUT2D eigenvalue weighted by atomic mass is 10.2. The normalized spacial score (nSPS) is 14.0. The van der Waals surface area contributed by atoms with Crippen LogP contribution in [0.5, 0.6) is 0 Å². The van der Waals surface area contributed by atoms with Crippen LogP contribution in [0.4, 0.5) is 5.69 Å². The quantitative estimate of drug-likeness (QED) is 0.864. The molecule has 0 spiro atoms. The van der Waals surface area contributed by atoms with Gasteiger partial charge < -0.3 is 5.32 Å². The molecule has 1 aromatic heterocycles. The number of aromatic nitrogens is 1. The van der Waals surface area contributed by atoms with Crippen LogP contribution in [0.1, 0.15) is 10.4 Å². The van der Waals surface area contributed by atoms with E-state index in [1.807, 2.05) is 0 Å². The van der Waals surface area contributed by atoms with E-state index in [1.165, 1.54) is 17.4 Å². The number of nitrogens with one attached hydrogen (secondary N) is 2. The van der Waals surface area contributed by atoms with Gasteiger partial charge in [0.25, 0.3) is 0 Å². The summed E-state index contributed by atoms with van der Waals surface area (Å²) in [5.41, 5.74) is 3.11. The molecule has 0 aliphatic carbocycles. The fraction of sp³-hybridized carbons (Fsp3) is 0.231. The number of benzene rings is 1. The molecule has 1 aromatic carbocycles. The van der Waals surface area contributed by atoms with E-state index in [0.717, 1.165) is 4.88 Å². The highest BCUT2D eigenvalue weighted by Crippen LogP contribution is 2.25.